The van der Waals surface area contributed by atoms with E-state index in [0.29, 0.717) is 0 Å². The molecule has 0 radical (unpaired) electrons. The first-order valence-electron chi connectivity index (χ1n) is 6.56. The van der Waals surface area contributed by atoms with Crippen molar-refractivity contribution in [1.82, 2.24) is 0 Å². The smallest absolute Gasteiger partial charge is 0.0419 e. The number of hydrogen-bond acceptors (Lipinski definition) is 1. The fourth-order valence-corrected chi connectivity index (χ4v) is 2.13. The maximum atomic E-state index is 4.15. The number of allylic oxidation sites excluding steroid dienone is 5. The van der Waals surface area contributed by atoms with E-state index in [4.69, 9.17) is 0 Å². The lowest BCUT2D eigenvalue weighted by Crippen LogP contribution is -2.02. The van der Waals surface area contributed by atoms with Crippen LogP contribution in [0.15, 0.2) is 60.4 Å². The van der Waals surface area contributed by atoms with Crippen LogP contribution in [0.4, 0.5) is 5.69 Å². The molecule has 0 aliphatic heterocycles. The fourth-order valence-electron chi connectivity index (χ4n) is 2.13. The summed E-state index contributed by atoms with van der Waals surface area (Å²) in [7, 11) is 0. The molecule has 0 saturated carbocycles. The maximum Gasteiger partial charge on any atom is 0.0419 e. The quantitative estimate of drug-likeness (QED) is 0.772. The Hall–Kier alpha value is -2.02. The molecule has 0 atom stereocenters. The van der Waals surface area contributed by atoms with Crippen molar-refractivity contribution >= 4 is 11.3 Å². The standard InChI is InChI=1S/C18H21N/c1-12(2)16-9-7-14(4)18(11-16)19-15(5)17-8-6-13(3)10-17/h6-9,11,19H,1,5,10H2,2-4H3. The molecule has 0 unspecified atom stereocenters. The molecule has 1 N–H and O–H groups in total. The van der Waals surface area contributed by atoms with Crippen LogP contribution in [-0.4, -0.2) is 0 Å². The van der Waals surface area contributed by atoms with Crippen LogP contribution in [0.25, 0.3) is 5.57 Å². The van der Waals surface area contributed by atoms with Crippen LogP contribution in [0, 0.1) is 6.92 Å². The number of rotatable bonds is 4. The molecule has 1 aliphatic rings. The van der Waals surface area contributed by atoms with Crippen molar-refractivity contribution in [3.63, 3.8) is 0 Å². The van der Waals surface area contributed by atoms with Gasteiger partial charge in [-0.2, -0.15) is 0 Å². The molecule has 0 fully saturated rings. The van der Waals surface area contributed by atoms with Crippen molar-refractivity contribution in [3.8, 4) is 0 Å². The lowest BCUT2D eigenvalue weighted by molar-refractivity contribution is 1.15. The van der Waals surface area contributed by atoms with E-state index in [1.165, 1.54) is 16.7 Å². The van der Waals surface area contributed by atoms with Gasteiger partial charge in [-0.3, -0.25) is 0 Å². The number of hydrogen-bond donors (Lipinski definition) is 1. The first-order valence-corrected chi connectivity index (χ1v) is 6.56. The Balaban J connectivity index is 2.17. The molecule has 0 aromatic heterocycles. The summed E-state index contributed by atoms with van der Waals surface area (Å²) < 4.78 is 0. The molecule has 1 nitrogen and oxygen atoms in total. The molecule has 19 heavy (non-hydrogen) atoms. The molecule has 0 spiro atoms. The number of nitrogens with one attached hydrogen (secondary N) is 1. The van der Waals surface area contributed by atoms with Gasteiger partial charge in [0.1, 0.15) is 0 Å². The second kappa shape index (κ2) is 5.31. The van der Waals surface area contributed by atoms with Gasteiger partial charge >= 0.3 is 0 Å². The Morgan fingerprint density at radius 3 is 2.47 bits per heavy atom. The van der Waals surface area contributed by atoms with Crippen LogP contribution in [0.2, 0.25) is 0 Å². The zero-order valence-corrected chi connectivity index (χ0v) is 12.0. The third-order valence-corrected chi connectivity index (χ3v) is 3.44. The van der Waals surface area contributed by atoms with E-state index in [-0.39, 0.29) is 0 Å². The topological polar surface area (TPSA) is 12.0 Å². The van der Waals surface area contributed by atoms with Crippen LogP contribution in [-0.2, 0) is 0 Å². The molecular formula is C18H21N. The highest BCUT2D eigenvalue weighted by Crippen LogP contribution is 2.27. The average molecular weight is 251 g/mol. The van der Waals surface area contributed by atoms with E-state index in [1.54, 1.807) is 0 Å². The molecule has 1 aliphatic carbocycles. The van der Waals surface area contributed by atoms with E-state index in [9.17, 15) is 0 Å². The molecular weight excluding hydrogens is 230 g/mol. The first-order chi connectivity index (χ1) is 8.97. The van der Waals surface area contributed by atoms with Crippen molar-refractivity contribution in [3.05, 3.63) is 71.5 Å². The molecule has 1 aromatic carbocycles. The summed E-state index contributed by atoms with van der Waals surface area (Å²) in [6, 6.07) is 6.36. The highest BCUT2D eigenvalue weighted by molar-refractivity contribution is 5.69. The second-order valence-corrected chi connectivity index (χ2v) is 5.30. The van der Waals surface area contributed by atoms with Gasteiger partial charge in [-0.1, -0.05) is 48.6 Å². The molecule has 0 heterocycles. The molecule has 2 rings (SSSR count). The highest BCUT2D eigenvalue weighted by Gasteiger charge is 2.09. The van der Waals surface area contributed by atoms with E-state index < -0.39 is 0 Å². The normalized spacial score (nSPS) is 13.8. The maximum absolute atomic E-state index is 4.15. The molecule has 1 heteroatoms. The minimum atomic E-state index is 0.982. The van der Waals surface area contributed by atoms with Gasteiger partial charge in [-0.15, -0.1) is 0 Å². The predicted molar refractivity (Wildman–Crippen MR) is 85.1 cm³/mol. The Morgan fingerprint density at radius 2 is 1.89 bits per heavy atom. The molecule has 1 aromatic rings. The van der Waals surface area contributed by atoms with E-state index in [2.05, 4.69) is 62.7 Å². The molecule has 0 amide bonds. The summed E-state index contributed by atoms with van der Waals surface area (Å²) in [6.07, 6.45) is 5.28. The Morgan fingerprint density at radius 1 is 1.16 bits per heavy atom. The van der Waals surface area contributed by atoms with Crippen molar-refractivity contribution in [2.24, 2.45) is 0 Å². The minimum absolute atomic E-state index is 0.982. The van der Waals surface area contributed by atoms with Gasteiger partial charge in [0.25, 0.3) is 0 Å². The van der Waals surface area contributed by atoms with Gasteiger partial charge in [0, 0.05) is 11.4 Å². The zero-order valence-electron chi connectivity index (χ0n) is 12.0. The molecule has 0 saturated heterocycles. The Bertz CT molecular complexity index is 600. The second-order valence-electron chi connectivity index (χ2n) is 5.30. The van der Waals surface area contributed by atoms with Gasteiger partial charge in [0.15, 0.2) is 0 Å². The number of aryl methyl sites for hydroxylation is 1. The predicted octanol–water partition coefficient (Wildman–Crippen LogP) is 5.23. The van der Waals surface area contributed by atoms with Gasteiger partial charge in [-0.25, -0.2) is 0 Å². The van der Waals surface area contributed by atoms with Crippen molar-refractivity contribution in [2.75, 3.05) is 5.32 Å². The van der Waals surface area contributed by atoms with Crippen LogP contribution in [0.3, 0.4) is 0 Å². The molecule has 98 valence electrons. The van der Waals surface area contributed by atoms with E-state index in [0.717, 1.165) is 28.9 Å². The van der Waals surface area contributed by atoms with Crippen molar-refractivity contribution in [2.45, 2.75) is 27.2 Å². The zero-order chi connectivity index (χ0) is 14.0. The number of anilines is 1. The summed E-state index contributed by atoms with van der Waals surface area (Å²) in [5, 5.41) is 3.43. The van der Waals surface area contributed by atoms with E-state index >= 15 is 0 Å². The fraction of sp³-hybridized carbons (Fsp3) is 0.222. The summed E-state index contributed by atoms with van der Waals surface area (Å²) in [4.78, 5) is 0. The van der Waals surface area contributed by atoms with E-state index in [1.807, 2.05) is 6.92 Å². The Labute approximate surface area is 116 Å². The first kappa shape index (κ1) is 13.4. The Kier molecular flexibility index (Phi) is 3.75. The SMILES string of the molecule is C=C(Nc1cc(C(=C)C)ccc1C)C1=CC=C(C)C1. The van der Waals surface area contributed by atoms with Gasteiger partial charge in [-0.05, 0) is 50.0 Å². The third-order valence-electron chi connectivity index (χ3n) is 3.44. The van der Waals surface area contributed by atoms with Crippen LogP contribution in [0.5, 0.6) is 0 Å². The molecule has 0 bridgehead atoms. The van der Waals surface area contributed by atoms with Crippen molar-refractivity contribution < 1.29 is 0 Å². The van der Waals surface area contributed by atoms with Crippen LogP contribution in [0.1, 0.15) is 31.4 Å². The van der Waals surface area contributed by atoms with Gasteiger partial charge in [0.05, 0.1) is 0 Å². The third kappa shape index (κ3) is 3.05. The van der Waals surface area contributed by atoms with Crippen molar-refractivity contribution in [1.29, 1.82) is 0 Å². The lowest BCUT2D eigenvalue weighted by Gasteiger charge is -2.15. The van der Waals surface area contributed by atoms with Gasteiger partial charge in [0.2, 0.25) is 0 Å². The lowest BCUT2D eigenvalue weighted by atomic mass is 10.0. The minimum Gasteiger partial charge on any atom is -0.356 e. The summed E-state index contributed by atoms with van der Waals surface area (Å²) in [6.45, 7) is 14.4. The summed E-state index contributed by atoms with van der Waals surface area (Å²) in [5.41, 5.74) is 8.19. The monoisotopic (exact) mass is 251 g/mol. The van der Waals surface area contributed by atoms with Crippen LogP contribution < -0.4 is 5.32 Å². The largest absolute Gasteiger partial charge is 0.356 e. The number of benzene rings is 1. The van der Waals surface area contributed by atoms with Gasteiger partial charge < -0.3 is 5.32 Å². The van der Waals surface area contributed by atoms with Crippen LogP contribution >= 0.6 is 0 Å². The average Bonchev–Trinajstić information content (AvgIpc) is 2.78. The summed E-state index contributed by atoms with van der Waals surface area (Å²) >= 11 is 0. The highest BCUT2D eigenvalue weighted by atomic mass is 14.9. The summed E-state index contributed by atoms with van der Waals surface area (Å²) in [5.74, 6) is 0.